The fraction of sp³-hybridized carbons (Fsp3) is 0.500. The first-order chi connectivity index (χ1) is 7.77. The highest BCUT2D eigenvalue weighted by Gasteiger charge is 2.31. The normalized spacial score (nSPS) is 23.8. The van der Waals surface area contributed by atoms with Crippen LogP contribution in [0.5, 0.6) is 0 Å². The van der Waals surface area contributed by atoms with Crippen molar-refractivity contribution in [2.24, 2.45) is 4.99 Å². The van der Waals surface area contributed by atoms with Gasteiger partial charge in [-0.05, 0) is 6.42 Å². The Kier molecular flexibility index (Phi) is 3.19. The molecule has 86 valence electrons. The Morgan fingerprint density at radius 3 is 2.94 bits per heavy atom. The molecule has 1 unspecified atom stereocenters. The van der Waals surface area contributed by atoms with Crippen LogP contribution in [0.2, 0.25) is 0 Å². The molecule has 0 saturated heterocycles. The number of hydrogen-bond acceptors (Lipinski definition) is 2. The van der Waals surface area contributed by atoms with Crippen LogP contribution in [0.3, 0.4) is 0 Å². The van der Waals surface area contributed by atoms with E-state index in [0.717, 1.165) is 6.42 Å². The Labute approximate surface area is 96.5 Å². The van der Waals surface area contributed by atoms with Crippen molar-refractivity contribution in [1.29, 1.82) is 0 Å². The molecule has 0 aliphatic carbocycles. The quantitative estimate of drug-likeness (QED) is 0.552. The number of quaternary nitrogens is 1. The van der Waals surface area contributed by atoms with Crippen molar-refractivity contribution < 1.29 is 0 Å². The lowest BCUT2D eigenvalue weighted by atomic mass is 10.1. The number of imidazole rings is 1. The van der Waals surface area contributed by atoms with Gasteiger partial charge in [0.25, 0.3) is 0 Å². The molecule has 2 rings (SSSR count). The second-order valence-electron chi connectivity index (χ2n) is 4.31. The fourth-order valence-corrected chi connectivity index (χ4v) is 1.99. The smallest absolute Gasteiger partial charge is 0.220 e. The summed E-state index contributed by atoms with van der Waals surface area (Å²) in [5.74, 6) is 0. The Balaban J connectivity index is 2.09. The van der Waals surface area contributed by atoms with Crippen LogP contribution in [0.15, 0.2) is 35.6 Å². The average molecular weight is 219 g/mol. The number of nitrogens with zero attached hydrogens (tertiary/aromatic N) is 4. The Bertz CT molecular complexity index is 391. The van der Waals surface area contributed by atoms with E-state index in [9.17, 15) is 0 Å². The first-order valence-corrected chi connectivity index (χ1v) is 5.86. The molecule has 16 heavy (non-hydrogen) atoms. The zero-order chi connectivity index (χ0) is 11.4. The maximum Gasteiger partial charge on any atom is 0.220 e. The molecule has 1 atom stereocenters. The number of unbranched alkanes of at least 4 members (excludes halogenated alkanes) is 2. The summed E-state index contributed by atoms with van der Waals surface area (Å²) in [6, 6.07) is 0. The summed E-state index contributed by atoms with van der Waals surface area (Å²) in [7, 11) is 2.13. The highest BCUT2D eigenvalue weighted by Crippen LogP contribution is 2.21. The number of allylic oxidation sites excluding steroid dienone is 1. The first-order valence-electron chi connectivity index (χ1n) is 5.86. The molecular formula is C12H19N4+. The van der Waals surface area contributed by atoms with E-state index in [1.807, 2.05) is 25.1 Å². The maximum atomic E-state index is 4.29. The third-order valence-electron chi connectivity index (χ3n) is 3.10. The highest BCUT2D eigenvalue weighted by molar-refractivity contribution is 5.69. The molecule has 1 aromatic heterocycles. The zero-order valence-electron chi connectivity index (χ0n) is 10.0. The third kappa shape index (κ3) is 1.93. The lowest BCUT2D eigenvalue weighted by Gasteiger charge is -2.27. The first kappa shape index (κ1) is 11.1. The molecule has 1 aromatic rings. The zero-order valence-corrected chi connectivity index (χ0v) is 10.0. The van der Waals surface area contributed by atoms with E-state index in [0.29, 0.717) is 4.59 Å². The molecule has 4 nitrogen and oxygen atoms in total. The lowest BCUT2D eigenvalue weighted by molar-refractivity contribution is 0.348. The van der Waals surface area contributed by atoms with Crippen LogP contribution in [0, 0.1) is 0 Å². The van der Waals surface area contributed by atoms with Crippen LogP contribution >= 0.6 is 0 Å². The number of rotatable bonds is 5. The largest absolute Gasteiger partial charge is 0.240 e. The molecule has 0 saturated carbocycles. The van der Waals surface area contributed by atoms with Crippen molar-refractivity contribution in [1.82, 2.24) is 14.3 Å². The molecule has 0 N–H and O–H groups in total. The molecule has 4 heteroatoms. The maximum absolute atomic E-state index is 4.29. The minimum absolute atomic E-state index is 0.615. The van der Waals surface area contributed by atoms with Crippen LogP contribution in [-0.4, -0.2) is 23.0 Å². The van der Waals surface area contributed by atoms with Crippen LogP contribution in [0.25, 0.3) is 0 Å². The van der Waals surface area contributed by atoms with Crippen molar-refractivity contribution in [3.05, 3.63) is 30.6 Å². The topological polar surface area (TPSA) is 30.2 Å². The fourth-order valence-electron chi connectivity index (χ4n) is 1.99. The molecule has 0 radical (unpaired) electrons. The Morgan fingerprint density at radius 2 is 2.25 bits per heavy atom. The molecule has 1 aliphatic rings. The number of aromatic nitrogens is 2. The van der Waals surface area contributed by atoms with Gasteiger partial charge in [-0.3, -0.25) is 0 Å². The van der Waals surface area contributed by atoms with Gasteiger partial charge in [-0.25, -0.2) is 9.98 Å². The summed E-state index contributed by atoms with van der Waals surface area (Å²) >= 11 is 0. The molecular weight excluding hydrogens is 200 g/mol. The molecule has 2 heterocycles. The third-order valence-corrected chi connectivity index (χ3v) is 3.10. The van der Waals surface area contributed by atoms with Gasteiger partial charge in [-0.2, -0.15) is 4.68 Å². The van der Waals surface area contributed by atoms with Crippen LogP contribution in [-0.2, 0) is 0 Å². The van der Waals surface area contributed by atoms with Gasteiger partial charge in [0, 0.05) is 6.42 Å². The second-order valence-corrected chi connectivity index (χ2v) is 4.31. The van der Waals surface area contributed by atoms with Crippen molar-refractivity contribution >= 4 is 6.34 Å². The Morgan fingerprint density at radius 1 is 1.38 bits per heavy atom. The second kappa shape index (κ2) is 4.61. The summed E-state index contributed by atoms with van der Waals surface area (Å²) < 4.78 is 2.68. The van der Waals surface area contributed by atoms with Crippen LogP contribution in [0.4, 0.5) is 0 Å². The van der Waals surface area contributed by atoms with E-state index in [1.54, 1.807) is 6.20 Å². The van der Waals surface area contributed by atoms with Crippen molar-refractivity contribution in [2.75, 3.05) is 7.05 Å². The van der Waals surface area contributed by atoms with Crippen molar-refractivity contribution in [2.45, 2.75) is 32.6 Å². The minimum atomic E-state index is 0.615. The van der Waals surface area contributed by atoms with Crippen LogP contribution < -0.4 is 4.59 Å². The summed E-state index contributed by atoms with van der Waals surface area (Å²) in [5.41, 5.74) is 1.33. The van der Waals surface area contributed by atoms with Gasteiger partial charge < -0.3 is 0 Å². The lowest BCUT2D eigenvalue weighted by Crippen LogP contribution is -2.50. The van der Waals surface area contributed by atoms with E-state index >= 15 is 0 Å². The van der Waals surface area contributed by atoms with Gasteiger partial charge in [0.1, 0.15) is 13.4 Å². The summed E-state index contributed by atoms with van der Waals surface area (Å²) in [6.07, 6.45) is 14.4. The van der Waals surface area contributed by atoms with Gasteiger partial charge in [0.15, 0.2) is 5.70 Å². The molecule has 0 spiro atoms. The number of hydrogen-bond donors (Lipinski definition) is 0. The standard InChI is InChI=1S/C12H19N4/c1-3-4-5-6-12-9-14-11-16(12,2)15-8-7-13-10-15/h7-11H,3-6H2,1-2H3/q+1. The van der Waals surface area contributed by atoms with Crippen molar-refractivity contribution in [3.63, 3.8) is 0 Å². The minimum Gasteiger partial charge on any atom is -0.240 e. The molecule has 1 aliphatic heterocycles. The molecule has 0 amide bonds. The summed E-state index contributed by atoms with van der Waals surface area (Å²) in [6.45, 7) is 2.23. The van der Waals surface area contributed by atoms with Crippen LogP contribution in [0.1, 0.15) is 32.6 Å². The van der Waals surface area contributed by atoms with E-state index < -0.39 is 0 Å². The summed E-state index contributed by atoms with van der Waals surface area (Å²) in [5, 5.41) is 0. The Hall–Kier alpha value is -1.42. The average Bonchev–Trinajstić information content (AvgIpc) is 2.89. The SMILES string of the molecule is CCCCCC1=CN=C[N+]1(C)n1ccnc1. The predicted molar refractivity (Wildman–Crippen MR) is 66.4 cm³/mol. The van der Waals surface area contributed by atoms with Gasteiger partial charge in [-0.1, -0.05) is 19.8 Å². The molecule has 0 fully saturated rings. The van der Waals surface area contributed by atoms with E-state index in [1.165, 1.54) is 25.0 Å². The van der Waals surface area contributed by atoms with E-state index in [-0.39, 0.29) is 0 Å². The van der Waals surface area contributed by atoms with E-state index in [2.05, 4.69) is 28.6 Å². The monoisotopic (exact) mass is 219 g/mol. The van der Waals surface area contributed by atoms with Crippen molar-refractivity contribution in [3.8, 4) is 0 Å². The number of aliphatic imine (C=N–C) groups is 1. The molecule has 0 bridgehead atoms. The highest BCUT2D eigenvalue weighted by atomic mass is 15.7. The summed E-state index contributed by atoms with van der Waals surface area (Å²) in [4.78, 5) is 8.39. The van der Waals surface area contributed by atoms with Gasteiger partial charge in [0.2, 0.25) is 6.34 Å². The van der Waals surface area contributed by atoms with Gasteiger partial charge in [-0.15, -0.1) is 4.59 Å². The predicted octanol–water partition coefficient (Wildman–Crippen LogP) is 2.42. The van der Waals surface area contributed by atoms with E-state index in [4.69, 9.17) is 0 Å². The van der Waals surface area contributed by atoms with Gasteiger partial charge >= 0.3 is 0 Å². The molecule has 0 aromatic carbocycles. The van der Waals surface area contributed by atoms with Gasteiger partial charge in [0.05, 0.1) is 18.6 Å².